The van der Waals surface area contributed by atoms with Gasteiger partial charge in [0.1, 0.15) is 5.69 Å². The first-order valence-electron chi connectivity index (χ1n) is 7.16. The van der Waals surface area contributed by atoms with E-state index in [4.69, 9.17) is 4.74 Å². The van der Waals surface area contributed by atoms with Crippen LogP contribution in [0.4, 0.5) is 0 Å². The third-order valence-corrected chi connectivity index (χ3v) is 4.26. The molecular weight excluding hydrogens is 282 g/mol. The lowest BCUT2D eigenvalue weighted by Gasteiger charge is -2.20. The molecule has 0 spiro atoms. The average Bonchev–Trinajstić information content (AvgIpc) is 2.92. The van der Waals surface area contributed by atoms with E-state index in [9.17, 15) is 0 Å². The second-order valence-electron chi connectivity index (χ2n) is 4.82. The quantitative estimate of drug-likeness (QED) is 0.796. The van der Waals surface area contributed by atoms with Crippen molar-refractivity contribution in [3.63, 3.8) is 0 Å². The van der Waals surface area contributed by atoms with Gasteiger partial charge in [0.05, 0.1) is 19.3 Å². The normalized spacial score (nSPS) is 12.4. The number of aryl methyl sites for hydroxylation is 1. The predicted octanol–water partition coefficient (Wildman–Crippen LogP) is 3.33. The molecule has 0 aliphatic rings. The second-order valence-corrected chi connectivity index (χ2v) is 5.70. The molecule has 0 bridgehead atoms. The van der Waals surface area contributed by atoms with Crippen molar-refractivity contribution in [2.45, 2.75) is 30.8 Å². The molecule has 0 aliphatic carbocycles. The van der Waals surface area contributed by atoms with Crippen molar-refractivity contribution < 1.29 is 4.74 Å². The maximum Gasteiger partial charge on any atom is 0.161 e. The first-order valence-corrected chi connectivity index (χ1v) is 8.38. The number of ether oxygens (including phenoxy) is 1. The van der Waals surface area contributed by atoms with Crippen molar-refractivity contribution >= 4 is 11.8 Å². The van der Waals surface area contributed by atoms with Crippen LogP contribution >= 0.6 is 11.8 Å². The van der Waals surface area contributed by atoms with Gasteiger partial charge in [-0.05, 0) is 37.4 Å². The van der Waals surface area contributed by atoms with Crippen molar-refractivity contribution in [3.8, 4) is 5.75 Å². The van der Waals surface area contributed by atoms with Crippen LogP contribution in [0.5, 0.6) is 5.75 Å². The van der Waals surface area contributed by atoms with Crippen molar-refractivity contribution in [1.29, 1.82) is 0 Å². The smallest absolute Gasteiger partial charge is 0.161 e. The second kappa shape index (κ2) is 7.52. The van der Waals surface area contributed by atoms with Gasteiger partial charge in [0.25, 0.3) is 0 Å². The zero-order valence-corrected chi connectivity index (χ0v) is 13.9. The number of hydrogen-bond donors (Lipinski definition) is 1. The lowest BCUT2D eigenvalue weighted by molar-refractivity contribution is 0.400. The summed E-state index contributed by atoms with van der Waals surface area (Å²) in [6.07, 6.45) is 4.93. The van der Waals surface area contributed by atoms with Gasteiger partial charge >= 0.3 is 0 Å². The molecule has 0 saturated heterocycles. The minimum Gasteiger partial charge on any atom is -0.493 e. The van der Waals surface area contributed by atoms with E-state index in [2.05, 4.69) is 47.9 Å². The largest absolute Gasteiger partial charge is 0.493 e. The van der Waals surface area contributed by atoms with Crippen molar-refractivity contribution in [1.82, 2.24) is 15.1 Å². The van der Waals surface area contributed by atoms with Gasteiger partial charge in [-0.15, -0.1) is 11.8 Å². The first kappa shape index (κ1) is 15.9. The summed E-state index contributed by atoms with van der Waals surface area (Å²) >= 11 is 1.75. The van der Waals surface area contributed by atoms with Crippen molar-refractivity contribution in [3.05, 3.63) is 41.7 Å². The van der Waals surface area contributed by atoms with Crippen LogP contribution < -0.4 is 10.1 Å². The molecule has 1 N–H and O–H groups in total. The van der Waals surface area contributed by atoms with Crippen molar-refractivity contribution in [2.75, 3.05) is 20.4 Å². The Bertz CT molecular complexity index is 565. The molecular formula is C16H23N3OS. The summed E-state index contributed by atoms with van der Waals surface area (Å²) in [7, 11) is 3.66. The highest BCUT2D eigenvalue weighted by Gasteiger charge is 2.22. The Hall–Kier alpha value is -1.46. The summed E-state index contributed by atoms with van der Waals surface area (Å²) < 4.78 is 7.52. The number of methoxy groups -OCH3 is 1. The van der Waals surface area contributed by atoms with E-state index < -0.39 is 0 Å². The third-order valence-electron chi connectivity index (χ3n) is 3.51. The summed E-state index contributed by atoms with van der Waals surface area (Å²) in [5.74, 6) is 0.830. The molecule has 114 valence electrons. The number of aromatic nitrogens is 2. The molecule has 1 unspecified atom stereocenters. The molecule has 0 amide bonds. The van der Waals surface area contributed by atoms with Gasteiger partial charge in [-0.25, -0.2) is 0 Å². The highest BCUT2D eigenvalue weighted by atomic mass is 32.2. The topological polar surface area (TPSA) is 39.1 Å². The van der Waals surface area contributed by atoms with Gasteiger partial charge in [-0.2, -0.15) is 5.10 Å². The molecule has 5 heteroatoms. The van der Waals surface area contributed by atoms with Crippen LogP contribution in [0.15, 0.2) is 35.4 Å². The fraction of sp³-hybridized carbons (Fsp3) is 0.438. The van der Waals surface area contributed by atoms with Crippen LogP contribution in [-0.4, -0.2) is 30.2 Å². The summed E-state index contributed by atoms with van der Waals surface area (Å²) in [4.78, 5) is 1.27. The number of rotatable bonds is 7. The molecule has 0 radical (unpaired) electrons. The van der Waals surface area contributed by atoms with E-state index in [0.29, 0.717) is 0 Å². The highest BCUT2D eigenvalue weighted by molar-refractivity contribution is 7.98. The number of thioether (sulfide) groups is 1. The van der Waals surface area contributed by atoms with E-state index in [0.717, 1.165) is 24.4 Å². The maximum absolute atomic E-state index is 5.49. The fourth-order valence-electron chi connectivity index (χ4n) is 2.47. The van der Waals surface area contributed by atoms with E-state index in [1.54, 1.807) is 25.1 Å². The van der Waals surface area contributed by atoms with Crippen LogP contribution in [0, 0.1) is 0 Å². The Morgan fingerprint density at radius 1 is 1.33 bits per heavy atom. The maximum atomic E-state index is 5.49. The summed E-state index contributed by atoms with van der Waals surface area (Å²) in [5, 5.41) is 7.84. The van der Waals surface area contributed by atoms with Gasteiger partial charge in [0.2, 0.25) is 0 Å². The Balaban J connectivity index is 2.41. The molecule has 2 aromatic rings. The van der Waals surface area contributed by atoms with E-state index in [1.807, 2.05) is 11.7 Å². The Kier molecular flexibility index (Phi) is 5.70. The Morgan fingerprint density at radius 3 is 2.57 bits per heavy atom. The molecule has 4 nitrogen and oxygen atoms in total. The minimum absolute atomic E-state index is 0.0740. The van der Waals surface area contributed by atoms with Gasteiger partial charge in [-0.1, -0.05) is 19.1 Å². The number of nitrogens with zero attached hydrogens (tertiary/aromatic N) is 2. The van der Waals surface area contributed by atoms with Crippen molar-refractivity contribution in [2.24, 2.45) is 0 Å². The lowest BCUT2D eigenvalue weighted by Crippen LogP contribution is -2.22. The van der Waals surface area contributed by atoms with Crippen LogP contribution in [0.3, 0.4) is 0 Å². The highest BCUT2D eigenvalue weighted by Crippen LogP contribution is 2.30. The lowest BCUT2D eigenvalue weighted by atomic mass is 10.0. The number of nitrogens with one attached hydrogen (secondary N) is 1. The molecule has 1 aromatic heterocycles. The SMILES string of the molecule is CCCn1ncc(OC)c1C(NC)c1ccc(SC)cc1. The summed E-state index contributed by atoms with van der Waals surface area (Å²) in [6, 6.07) is 8.70. The van der Waals surface area contributed by atoms with Crippen LogP contribution in [-0.2, 0) is 6.54 Å². The molecule has 1 aromatic carbocycles. The van der Waals surface area contributed by atoms with Gasteiger partial charge < -0.3 is 10.1 Å². The molecule has 0 fully saturated rings. The minimum atomic E-state index is 0.0740. The van der Waals surface area contributed by atoms with Gasteiger partial charge in [0.15, 0.2) is 5.75 Å². The first-order chi connectivity index (χ1) is 10.2. The molecule has 0 aliphatic heterocycles. The van der Waals surface area contributed by atoms with Crippen LogP contribution in [0.25, 0.3) is 0 Å². The van der Waals surface area contributed by atoms with E-state index in [1.165, 1.54) is 10.5 Å². The summed E-state index contributed by atoms with van der Waals surface area (Å²) in [5.41, 5.74) is 2.30. The van der Waals surface area contributed by atoms with Gasteiger partial charge in [0, 0.05) is 11.4 Å². The zero-order valence-electron chi connectivity index (χ0n) is 13.1. The van der Waals surface area contributed by atoms with E-state index >= 15 is 0 Å². The molecule has 1 atom stereocenters. The Labute approximate surface area is 130 Å². The molecule has 1 heterocycles. The number of hydrogen-bond acceptors (Lipinski definition) is 4. The molecule has 0 saturated carbocycles. The summed E-state index contributed by atoms with van der Waals surface area (Å²) in [6.45, 7) is 3.04. The monoisotopic (exact) mass is 305 g/mol. The average molecular weight is 305 g/mol. The van der Waals surface area contributed by atoms with Gasteiger partial charge in [-0.3, -0.25) is 4.68 Å². The zero-order chi connectivity index (χ0) is 15.2. The predicted molar refractivity (Wildman–Crippen MR) is 88.2 cm³/mol. The third kappa shape index (κ3) is 3.41. The van der Waals surface area contributed by atoms with E-state index in [-0.39, 0.29) is 6.04 Å². The molecule has 21 heavy (non-hydrogen) atoms. The molecule has 2 rings (SSSR count). The standard InChI is InChI=1S/C16H23N3OS/c1-5-10-19-16(14(20-3)11-18-19)15(17-2)12-6-8-13(21-4)9-7-12/h6-9,11,15,17H,5,10H2,1-4H3. The Morgan fingerprint density at radius 2 is 2.05 bits per heavy atom. The van der Waals surface area contributed by atoms with Crippen LogP contribution in [0.2, 0.25) is 0 Å². The number of benzene rings is 1. The van der Waals surface area contributed by atoms with Crippen LogP contribution in [0.1, 0.15) is 30.6 Å². The fourth-order valence-corrected chi connectivity index (χ4v) is 2.88.